The summed E-state index contributed by atoms with van der Waals surface area (Å²) in [6.45, 7) is 8.34. The number of benzene rings is 1. The number of aliphatic hydroxyl groups excluding tert-OH is 2. The highest BCUT2D eigenvalue weighted by Crippen LogP contribution is 2.67. The molecule has 4 rings (SSSR count). The highest BCUT2D eigenvalue weighted by Gasteiger charge is 2.74. The normalized spacial score (nSPS) is 45.0. The van der Waals surface area contributed by atoms with Crippen LogP contribution in [0.5, 0.6) is 0 Å². The van der Waals surface area contributed by atoms with Crippen molar-refractivity contribution in [3.63, 3.8) is 0 Å². The molecule has 1 aliphatic heterocycles. The highest BCUT2D eigenvalue weighted by atomic mass is 32.2. The molecular weight excluding hydrogens is 332 g/mol. The fourth-order valence-corrected chi connectivity index (χ4v) is 7.01. The Bertz CT molecular complexity index is 700. The second-order valence-electron chi connectivity index (χ2n) is 8.57. The SMILES string of the molecule is CC1=CC[C@H](O)[C@@]2(C)[C@H](Sc3ccccc3)C[C@H]3[C@@H](O)[C@@]12OC3(C)C. The van der Waals surface area contributed by atoms with Crippen LogP contribution in [0.4, 0.5) is 0 Å². The molecule has 0 aromatic heterocycles. The Hall–Kier alpha value is -0.810. The van der Waals surface area contributed by atoms with Gasteiger partial charge in [-0.1, -0.05) is 31.2 Å². The molecule has 1 saturated heterocycles. The first kappa shape index (κ1) is 17.6. The molecular formula is C21H28O3S. The molecule has 1 spiro atoms. The zero-order valence-corrected chi connectivity index (χ0v) is 16.2. The molecule has 2 aliphatic carbocycles. The third-order valence-corrected chi connectivity index (χ3v) is 8.51. The summed E-state index contributed by atoms with van der Waals surface area (Å²) in [7, 11) is 0. The lowest BCUT2D eigenvalue weighted by Crippen LogP contribution is -2.68. The van der Waals surface area contributed by atoms with Gasteiger partial charge in [0.05, 0.1) is 17.8 Å². The van der Waals surface area contributed by atoms with Gasteiger partial charge in [-0.3, -0.25) is 0 Å². The van der Waals surface area contributed by atoms with Crippen molar-refractivity contribution in [2.24, 2.45) is 11.3 Å². The first-order valence-electron chi connectivity index (χ1n) is 9.18. The summed E-state index contributed by atoms with van der Waals surface area (Å²) >= 11 is 1.82. The van der Waals surface area contributed by atoms with Crippen LogP contribution in [0, 0.1) is 11.3 Å². The Morgan fingerprint density at radius 2 is 1.80 bits per heavy atom. The van der Waals surface area contributed by atoms with Crippen molar-refractivity contribution in [1.82, 2.24) is 0 Å². The van der Waals surface area contributed by atoms with Crippen molar-refractivity contribution < 1.29 is 14.9 Å². The van der Waals surface area contributed by atoms with Crippen LogP contribution >= 0.6 is 11.8 Å². The van der Waals surface area contributed by atoms with Crippen LogP contribution < -0.4 is 0 Å². The molecule has 0 unspecified atom stereocenters. The Morgan fingerprint density at radius 1 is 1.12 bits per heavy atom. The van der Waals surface area contributed by atoms with Crippen molar-refractivity contribution in [2.75, 3.05) is 0 Å². The monoisotopic (exact) mass is 360 g/mol. The molecule has 0 amide bonds. The number of ether oxygens (including phenoxy) is 1. The summed E-state index contributed by atoms with van der Waals surface area (Å²) in [6, 6.07) is 10.4. The summed E-state index contributed by atoms with van der Waals surface area (Å²) < 4.78 is 6.64. The number of fused-ring (bicyclic) bond motifs is 1. The molecule has 1 aromatic carbocycles. The van der Waals surface area contributed by atoms with Crippen molar-refractivity contribution in [3.05, 3.63) is 42.0 Å². The van der Waals surface area contributed by atoms with Gasteiger partial charge in [-0.25, -0.2) is 0 Å². The maximum atomic E-state index is 11.3. The van der Waals surface area contributed by atoms with Gasteiger partial charge in [-0.05, 0) is 51.3 Å². The van der Waals surface area contributed by atoms with E-state index in [9.17, 15) is 10.2 Å². The average molecular weight is 361 g/mol. The number of rotatable bonds is 2. The Kier molecular flexibility index (Phi) is 3.94. The van der Waals surface area contributed by atoms with E-state index in [2.05, 4.69) is 58.0 Å². The van der Waals surface area contributed by atoms with Gasteiger partial charge in [0.1, 0.15) is 5.60 Å². The lowest BCUT2D eigenvalue weighted by Gasteiger charge is -2.59. The average Bonchev–Trinajstić information content (AvgIpc) is 2.73. The van der Waals surface area contributed by atoms with E-state index in [1.54, 1.807) is 0 Å². The molecule has 2 fully saturated rings. The molecule has 6 atom stereocenters. The van der Waals surface area contributed by atoms with E-state index in [1.807, 2.05) is 17.8 Å². The van der Waals surface area contributed by atoms with Crippen LogP contribution in [-0.4, -0.2) is 38.9 Å². The zero-order chi connectivity index (χ0) is 18.0. The molecule has 3 aliphatic rings. The van der Waals surface area contributed by atoms with Gasteiger partial charge >= 0.3 is 0 Å². The Balaban J connectivity index is 1.84. The van der Waals surface area contributed by atoms with Crippen LogP contribution in [0.3, 0.4) is 0 Å². The Labute approximate surface area is 154 Å². The van der Waals surface area contributed by atoms with Crippen LogP contribution in [0.15, 0.2) is 46.9 Å². The van der Waals surface area contributed by atoms with Crippen molar-refractivity contribution in [3.8, 4) is 0 Å². The van der Waals surface area contributed by atoms with E-state index in [4.69, 9.17) is 4.74 Å². The quantitative estimate of drug-likeness (QED) is 0.788. The number of hydrogen-bond donors (Lipinski definition) is 2. The van der Waals surface area contributed by atoms with Gasteiger partial charge in [0.25, 0.3) is 0 Å². The molecule has 1 heterocycles. The number of thioether (sulfide) groups is 1. The summed E-state index contributed by atoms with van der Waals surface area (Å²) in [5.41, 5.74) is -0.667. The summed E-state index contributed by atoms with van der Waals surface area (Å²) in [5, 5.41) is 22.5. The summed E-state index contributed by atoms with van der Waals surface area (Å²) in [4.78, 5) is 1.21. The van der Waals surface area contributed by atoms with E-state index < -0.39 is 28.8 Å². The lowest BCUT2D eigenvalue weighted by atomic mass is 9.53. The minimum atomic E-state index is -0.802. The number of aliphatic hydroxyl groups is 2. The molecule has 4 heteroatoms. The van der Waals surface area contributed by atoms with Crippen LogP contribution in [0.1, 0.15) is 40.5 Å². The van der Waals surface area contributed by atoms with Crippen LogP contribution in [0.25, 0.3) is 0 Å². The van der Waals surface area contributed by atoms with Gasteiger partial charge in [0.2, 0.25) is 0 Å². The van der Waals surface area contributed by atoms with Gasteiger partial charge < -0.3 is 14.9 Å². The fourth-order valence-electron chi connectivity index (χ4n) is 5.49. The second-order valence-corrected chi connectivity index (χ2v) is 9.85. The van der Waals surface area contributed by atoms with E-state index in [1.165, 1.54) is 4.90 Å². The van der Waals surface area contributed by atoms with E-state index in [0.29, 0.717) is 6.42 Å². The number of hydrogen-bond acceptors (Lipinski definition) is 4. The highest BCUT2D eigenvalue weighted by molar-refractivity contribution is 8.00. The molecule has 1 aromatic rings. The van der Waals surface area contributed by atoms with E-state index in [0.717, 1.165) is 12.0 Å². The Morgan fingerprint density at radius 3 is 2.48 bits per heavy atom. The largest absolute Gasteiger partial charge is 0.392 e. The minimum absolute atomic E-state index is 0.0652. The van der Waals surface area contributed by atoms with Gasteiger partial charge in [0, 0.05) is 21.5 Å². The van der Waals surface area contributed by atoms with Crippen LogP contribution in [0.2, 0.25) is 0 Å². The first-order valence-corrected chi connectivity index (χ1v) is 10.1. The molecule has 0 radical (unpaired) electrons. The second kappa shape index (κ2) is 5.59. The van der Waals surface area contributed by atoms with Crippen LogP contribution in [-0.2, 0) is 4.74 Å². The smallest absolute Gasteiger partial charge is 0.125 e. The molecule has 136 valence electrons. The molecule has 1 saturated carbocycles. The summed E-state index contributed by atoms with van der Waals surface area (Å²) in [6.07, 6.45) is 2.42. The first-order chi connectivity index (χ1) is 11.7. The maximum Gasteiger partial charge on any atom is 0.125 e. The standard InChI is InChI=1S/C21H28O3S/c1-13-10-11-16(22)20(4)17(25-14-8-6-5-7-9-14)12-15-18(23)21(13,20)24-19(15,2)3/h5-10,15-18,22-23H,11-12H2,1-4H3/t15-,16-,17+,18+,20-,21-/m0/s1. The van der Waals surface area contributed by atoms with Crippen molar-refractivity contribution in [2.45, 2.75) is 74.1 Å². The maximum absolute atomic E-state index is 11.3. The zero-order valence-electron chi connectivity index (χ0n) is 15.4. The fraction of sp³-hybridized carbons (Fsp3) is 0.619. The molecule has 2 bridgehead atoms. The van der Waals surface area contributed by atoms with Crippen molar-refractivity contribution in [1.29, 1.82) is 0 Å². The van der Waals surface area contributed by atoms with Gasteiger partial charge in [-0.2, -0.15) is 0 Å². The minimum Gasteiger partial charge on any atom is -0.392 e. The lowest BCUT2D eigenvalue weighted by molar-refractivity contribution is -0.192. The third kappa shape index (κ3) is 2.18. The van der Waals surface area contributed by atoms with Gasteiger partial charge in [-0.15, -0.1) is 11.8 Å². The molecule has 3 nitrogen and oxygen atoms in total. The van der Waals surface area contributed by atoms with Crippen molar-refractivity contribution >= 4 is 11.8 Å². The predicted octanol–water partition coefficient (Wildman–Crippen LogP) is 3.79. The molecule has 2 N–H and O–H groups in total. The topological polar surface area (TPSA) is 49.7 Å². The third-order valence-electron chi connectivity index (χ3n) is 7.00. The van der Waals surface area contributed by atoms with Gasteiger partial charge in [0.15, 0.2) is 0 Å². The van der Waals surface area contributed by atoms with E-state index in [-0.39, 0.29) is 11.2 Å². The van der Waals surface area contributed by atoms with E-state index >= 15 is 0 Å². The summed E-state index contributed by atoms with van der Waals surface area (Å²) in [5.74, 6) is 0.0652. The predicted molar refractivity (Wildman–Crippen MR) is 101 cm³/mol. The molecule has 25 heavy (non-hydrogen) atoms.